The van der Waals surface area contributed by atoms with Crippen molar-refractivity contribution in [3.05, 3.63) is 42.0 Å². The molecule has 0 aliphatic heterocycles. The molecule has 0 aliphatic rings. The van der Waals surface area contributed by atoms with E-state index in [9.17, 15) is 13.2 Å². The van der Waals surface area contributed by atoms with E-state index in [-0.39, 0.29) is 17.4 Å². The highest BCUT2D eigenvalue weighted by Gasteiger charge is 2.28. The minimum Gasteiger partial charge on any atom is -0.347 e. The van der Waals surface area contributed by atoms with Crippen molar-refractivity contribution >= 4 is 15.9 Å². The third kappa shape index (κ3) is 4.89. The van der Waals surface area contributed by atoms with Crippen molar-refractivity contribution < 1.29 is 13.2 Å². The number of hydrogen-bond acceptors (Lipinski definition) is 5. The van der Waals surface area contributed by atoms with Crippen LogP contribution < -0.4 is 10.0 Å². The van der Waals surface area contributed by atoms with Gasteiger partial charge in [-0.05, 0) is 31.9 Å². The Morgan fingerprint density at radius 2 is 1.88 bits per heavy atom. The molecule has 2 aromatic rings. The molecule has 2 N–H and O–H groups in total. The molecule has 0 fully saturated rings. The van der Waals surface area contributed by atoms with E-state index in [1.807, 2.05) is 13.8 Å². The van der Waals surface area contributed by atoms with Gasteiger partial charge in [0.15, 0.2) is 5.82 Å². The Morgan fingerprint density at radius 3 is 2.46 bits per heavy atom. The van der Waals surface area contributed by atoms with Crippen LogP contribution in [0.5, 0.6) is 0 Å². The zero-order valence-electron chi connectivity index (χ0n) is 15.4. The molecule has 0 unspecified atom stereocenters. The van der Waals surface area contributed by atoms with Gasteiger partial charge in [0.2, 0.25) is 15.9 Å². The summed E-state index contributed by atoms with van der Waals surface area (Å²) in [6, 6.07) is 5.60. The lowest BCUT2D eigenvalue weighted by Gasteiger charge is -2.21. The number of nitrogens with one attached hydrogen (secondary N) is 2. The van der Waals surface area contributed by atoms with Crippen LogP contribution in [-0.4, -0.2) is 35.1 Å². The van der Waals surface area contributed by atoms with E-state index >= 15 is 0 Å². The number of aryl methyl sites for hydroxylation is 2. The van der Waals surface area contributed by atoms with Crippen LogP contribution in [0.4, 0.5) is 0 Å². The quantitative estimate of drug-likeness (QED) is 0.717. The van der Waals surface area contributed by atoms with Crippen molar-refractivity contribution in [2.24, 2.45) is 5.92 Å². The van der Waals surface area contributed by atoms with Crippen LogP contribution in [0.3, 0.4) is 0 Å². The number of nitrogens with zero attached hydrogens (tertiary/aromatic N) is 3. The Morgan fingerprint density at radius 1 is 1.23 bits per heavy atom. The van der Waals surface area contributed by atoms with Crippen molar-refractivity contribution in [3.8, 4) is 0 Å². The first-order chi connectivity index (χ1) is 12.2. The number of sulfonamides is 1. The summed E-state index contributed by atoms with van der Waals surface area (Å²) < 4.78 is 29.5. The SMILES string of the molecule is CCn1cnnc1CNC(=O)[C@@H](NS(=O)(=O)c1ccc(C)cc1)C(C)C. The van der Waals surface area contributed by atoms with Gasteiger partial charge in [-0.15, -0.1) is 10.2 Å². The Labute approximate surface area is 154 Å². The van der Waals surface area contributed by atoms with Crippen LogP contribution in [0.25, 0.3) is 0 Å². The number of aromatic nitrogens is 3. The minimum atomic E-state index is -3.80. The van der Waals surface area contributed by atoms with E-state index in [1.54, 1.807) is 36.9 Å². The van der Waals surface area contributed by atoms with Gasteiger partial charge in [-0.2, -0.15) is 4.72 Å². The fourth-order valence-electron chi connectivity index (χ4n) is 2.40. The molecule has 8 nitrogen and oxygen atoms in total. The fourth-order valence-corrected chi connectivity index (χ4v) is 3.75. The van der Waals surface area contributed by atoms with Gasteiger partial charge in [-0.25, -0.2) is 8.42 Å². The van der Waals surface area contributed by atoms with Crippen LogP contribution in [0, 0.1) is 12.8 Å². The van der Waals surface area contributed by atoms with E-state index in [2.05, 4.69) is 20.2 Å². The summed E-state index contributed by atoms with van der Waals surface area (Å²) in [4.78, 5) is 12.7. The molecular formula is C17H25N5O3S. The van der Waals surface area contributed by atoms with Gasteiger partial charge >= 0.3 is 0 Å². The van der Waals surface area contributed by atoms with Crippen LogP contribution in [0.15, 0.2) is 35.5 Å². The molecule has 142 valence electrons. The maximum absolute atomic E-state index is 12.6. The van der Waals surface area contributed by atoms with Crippen LogP contribution in [0.2, 0.25) is 0 Å². The number of carbonyl (C=O) groups is 1. The second kappa shape index (κ2) is 8.41. The monoisotopic (exact) mass is 379 g/mol. The number of carbonyl (C=O) groups excluding carboxylic acids is 1. The summed E-state index contributed by atoms with van der Waals surface area (Å²) in [5, 5.41) is 10.5. The van der Waals surface area contributed by atoms with Crippen molar-refractivity contribution in [1.82, 2.24) is 24.8 Å². The topological polar surface area (TPSA) is 106 Å². The first kappa shape index (κ1) is 20.1. The van der Waals surface area contributed by atoms with Gasteiger partial charge in [0, 0.05) is 6.54 Å². The number of amides is 1. The summed E-state index contributed by atoms with van der Waals surface area (Å²) >= 11 is 0. The maximum Gasteiger partial charge on any atom is 0.241 e. The highest BCUT2D eigenvalue weighted by Crippen LogP contribution is 2.13. The minimum absolute atomic E-state index is 0.132. The lowest BCUT2D eigenvalue weighted by molar-refractivity contribution is -0.123. The fraction of sp³-hybridized carbons (Fsp3) is 0.471. The number of hydrogen-bond donors (Lipinski definition) is 2. The molecule has 0 bridgehead atoms. The molecular weight excluding hydrogens is 354 g/mol. The average Bonchev–Trinajstić information content (AvgIpc) is 3.05. The average molecular weight is 379 g/mol. The lowest BCUT2D eigenvalue weighted by Crippen LogP contribution is -2.49. The summed E-state index contributed by atoms with van der Waals surface area (Å²) in [7, 11) is -3.80. The first-order valence-corrected chi connectivity index (χ1v) is 9.96. The Balaban J connectivity index is 2.10. The molecule has 1 aromatic carbocycles. The molecule has 0 radical (unpaired) electrons. The molecule has 1 amide bonds. The van der Waals surface area contributed by atoms with Crippen LogP contribution in [-0.2, 0) is 27.9 Å². The van der Waals surface area contributed by atoms with Crippen molar-refractivity contribution in [2.45, 2.75) is 51.7 Å². The van der Waals surface area contributed by atoms with E-state index in [1.165, 1.54) is 12.1 Å². The van der Waals surface area contributed by atoms with Crippen LogP contribution in [0.1, 0.15) is 32.2 Å². The maximum atomic E-state index is 12.6. The zero-order valence-corrected chi connectivity index (χ0v) is 16.2. The third-order valence-electron chi connectivity index (χ3n) is 4.02. The molecule has 1 heterocycles. The predicted octanol–water partition coefficient (Wildman–Crippen LogP) is 1.23. The Kier molecular flexibility index (Phi) is 6.49. The lowest BCUT2D eigenvalue weighted by atomic mass is 10.1. The predicted molar refractivity (Wildman–Crippen MR) is 97.7 cm³/mol. The highest BCUT2D eigenvalue weighted by atomic mass is 32.2. The third-order valence-corrected chi connectivity index (χ3v) is 5.48. The standard InChI is InChI=1S/C17H25N5O3S/c1-5-22-11-19-20-15(22)10-18-17(23)16(12(2)3)21-26(24,25)14-8-6-13(4)7-9-14/h6-9,11-12,16,21H,5,10H2,1-4H3,(H,18,23)/t16-/m0/s1. The number of rotatable bonds is 8. The van der Waals surface area contributed by atoms with Crippen molar-refractivity contribution in [1.29, 1.82) is 0 Å². The Hall–Kier alpha value is -2.26. The molecule has 0 saturated heterocycles. The van der Waals surface area contributed by atoms with Gasteiger partial charge in [0.1, 0.15) is 12.4 Å². The summed E-state index contributed by atoms with van der Waals surface area (Å²) in [5.41, 5.74) is 0.960. The first-order valence-electron chi connectivity index (χ1n) is 8.48. The van der Waals surface area contributed by atoms with E-state index in [0.717, 1.165) is 5.56 Å². The normalized spacial score (nSPS) is 13.0. The second-order valence-electron chi connectivity index (χ2n) is 6.41. The van der Waals surface area contributed by atoms with Crippen molar-refractivity contribution in [2.75, 3.05) is 0 Å². The Bertz CT molecular complexity index is 844. The van der Waals surface area contributed by atoms with Gasteiger partial charge in [0.05, 0.1) is 11.4 Å². The second-order valence-corrected chi connectivity index (χ2v) is 8.12. The molecule has 9 heteroatoms. The molecule has 0 saturated carbocycles. The van der Waals surface area contributed by atoms with Crippen molar-refractivity contribution in [3.63, 3.8) is 0 Å². The molecule has 26 heavy (non-hydrogen) atoms. The summed E-state index contributed by atoms with van der Waals surface area (Å²) in [5.74, 6) is -0.00893. The zero-order chi connectivity index (χ0) is 19.3. The van der Waals surface area contributed by atoms with Crippen LogP contribution >= 0.6 is 0 Å². The molecule has 2 rings (SSSR count). The van der Waals surface area contributed by atoms with E-state index in [0.29, 0.717) is 12.4 Å². The molecule has 1 aromatic heterocycles. The van der Waals surface area contributed by atoms with Gasteiger partial charge in [0.25, 0.3) is 0 Å². The van der Waals surface area contributed by atoms with Gasteiger partial charge < -0.3 is 9.88 Å². The summed E-state index contributed by atoms with van der Waals surface area (Å²) in [6.07, 6.45) is 1.58. The smallest absolute Gasteiger partial charge is 0.241 e. The van der Waals surface area contributed by atoms with Gasteiger partial charge in [-0.1, -0.05) is 31.5 Å². The van der Waals surface area contributed by atoms with E-state index < -0.39 is 22.0 Å². The molecule has 0 aliphatic carbocycles. The largest absolute Gasteiger partial charge is 0.347 e. The molecule has 1 atom stereocenters. The van der Waals surface area contributed by atoms with E-state index in [4.69, 9.17) is 0 Å². The molecule has 0 spiro atoms. The highest BCUT2D eigenvalue weighted by molar-refractivity contribution is 7.89. The summed E-state index contributed by atoms with van der Waals surface area (Å²) in [6.45, 7) is 8.27. The van der Waals surface area contributed by atoms with Gasteiger partial charge in [-0.3, -0.25) is 4.79 Å². The number of benzene rings is 1.